The van der Waals surface area contributed by atoms with Crippen LogP contribution in [0.4, 0.5) is 11.4 Å². The third kappa shape index (κ3) is 5.91. The minimum Gasteiger partial charge on any atom is -0.378 e. The molecule has 4 nitrogen and oxygen atoms in total. The Balaban J connectivity index is 1.45. The summed E-state index contributed by atoms with van der Waals surface area (Å²) in [5.74, 6) is 0.128. The van der Waals surface area contributed by atoms with E-state index in [0.717, 1.165) is 37.2 Å². The fraction of sp³-hybridized carbons (Fsp3) is 0.424. The van der Waals surface area contributed by atoms with E-state index >= 15 is 0 Å². The molecule has 0 bridgehead atoms. The predicted molar refractivity (Wildman–Crippen MR) is 155 cm³/mol. The third-order valence-electron chi connectivity index (χ3n) is 8.03. The molecule has 37 heavy (non-hydrogen) atoms. The zero-order valence-electron chi connectivity index (χ0n) is 22.7. The number of piperidine rings is 1. The number of benzene rings is 3. The van der Waals surface area contributed by atoms with Crippen LogP contribution in [0, 0.1) is 6.92 Å². The molecule has 0 spiro atoms. The summed E-state index contributed by atoms with van der Waals surface area (Å²) in [5, 5.41) is 3.80. The van der Waals surface area contributed by atoms with Gasteiger partial charge in [-0.2, -0.15) is 0 Å². The maximum Gasteiger partial charge on any atom is 0.224 e. The van der Waals surface area contributed by atoms with E-state index in [1.54, 1.807) is 6.92 Å². The van der Waals surface area contributed by atoms with E-state index in [1.807, 2.05) is 4.90 Å². The second-order valence-electron chi connectivity index (χ2n) is 10.9. The van der Waals surface area contributed by atoms with Crippen LogP contribution in [0.5, 0.6) is 0 Å². The topological polar surface area (TPSA) is 35.6 Å². The van der Waals surface area contributed by atoms with Crippen molar-refractivity contribution in [1.29, 1.82) is 0 Å². The van der Waals surface area contributed by atoms with E-state index < -0.39 is 0 Å². The lowest BCUT2D eigenvalue weighted by Gasteiger charge is -2.41. The Hall–Kier alpha value is -3.11. The maximum atomic E-state index is 12.8. The largest absolute Gasteiger partial charge is 0.378 e. The quantitative estimate of drug-likeness (QED) is 0.364. The highest BCUT2D eigenvalue weighted by atomic mass is 16.2. The number of likely N-dealkylation sites (tertiary alicyclic amines) is 1. The molecule has 194 valence electrons. The minimum absolute atomic E-state index is 0.128. The van der Waals surface area contributed by atoms with Crippen LogP contribution in [0.25, 0.3) is 11.1 Å². The van der Waals surface area contributed by atoms with Crippen LogP contribution in [0.1, 0.15) is 75.1 Å². The highest BCUT2D eigenvalue weighted by molar-refractivity contribution is 5.94. The van der Waals surface area contributed by atoms with Crippen LogP contribution >= 0.6 is 0 Å². The number of carbonyl (C=O) groups is 1. The van der Waals surface area contributed by atoms with Gasteiger partial charge in [-0.05, 0) is 92.2 Å². The molecule has 5 rings (SSSR count). The summed E-state index contributed by atoms with van der Waals surface area (Å²) in [7, 11) is 0. The summed E-state index contributed by atoms with van der Waals surface area (Å²) in [5.41, 5.74) is 8.45. The summed E-state index contributed by atoms with van der Waals surface area (Å²) in [6, 6.07) is 24.7. The number of anilines is 2. The van der Waals surface area contributed by atoms with E-state index in [-0.39, 0.29) is 18.0 Å². The SMILES string of the molecule is CCC[C@@H]1C[C@H](Nc2ccc(C)cc2)c2cc(-c3ccc(CN4CCCCC4)cc3)ccc2N1C(C)=O. The van der Waals surface area contributed by atoms with E-state index in [0.29, 0.717) is 0 Å². The Bertz CT molecular complexity index is 1200. The second-order valence-corrected chi connectivity index (χ2v) is 10.9. The lowest BCUT2D eigenvalue weighted by molar-refractivity contribution is -0.117. The second kappa shape index (κ2) is 11.5. The third-order valence-corrected chi connectivity index (χ3v) is 8.03. The molecule has 1 N–H and O–H groups in total. The van der Waals surface area contributed by atoms with Gasteiger partial charge < -0.3 is 10.2 Å². The van der Waals surface area contributed by atoms with Crippen molar-refractivity contribution in [3.05, 3.63) is 83.4 Å². The van der Waals surface area contributed by atoms with Crippen molar-refractivity contribution >= 4 is 17.3 Å². The summed E-state index contributed by atoms with van der Waals surface area (Å²) in [6.45, 7) is 9.50. The van der Waals surface area contributed by atoms with E-state index in [9.17, 15) is 4.79 Å². The number of hydrogen-bond donors (Lipinski definition) is 1. The van der Waals surface area contributed by atoms with Crippen LogP contribution in [0.15, 0.2) is 66.7 Å². The Morgan fingerprint density at radius 3 is 2.30 bits per heavy atom. The molecule has 2 atom stereocenters. The molecule has 3 aromatic carbocycles. The first-order valence-corrected chi connectivity index (χ1v) is 14.1. The van der Waals surface area contributed by atoms with Gasteiger partial charge in [0.2, 0.25) is 5.91 Å². The maximum absolute atomic E-state index is 12.8. The molecule has 0 unspecified atom stereocenters. The average molecular weight is 496 g/mol. The van der Waals surface area contributed by atoms with Crippen molar-refractivity contribution in [3.8, 4) is 11.1 Å². The average Bonchev–Trinajstić information content (AvgIpc) is 2.91. The van der Waals surface area contributed by atoms with E-state index in [4.69, 9.17) is 0 Å². The zero-order valence-corrected chi connectivity index (χ0v) is 22.7. The lowest BCUT2D eigenvalue weighted by Crippen LogP contribution is -2.44. The molecule has 1 fully saturated rings. The molecule has 2 heterocycles. The first-order chi connectivity index (χ1) is 18.0. The fourth-order valence-electron chi connectivity index (χ4n) is 6.11. The van der Waals surface area contributed by atoms with Gasteiger partial charge in [-0.15, -0.1) is 0 Å². The van der Waals surface area contributed by atoms with Gasteiger partial charge in [-0.1, -0.05) is 67.8 Å². The van der Waals surface area contributed by atoms with Gasteiger partial charge in [-0.25, -0.2) is 0 Å². The van der Waals surface area contributed by atoms with Gasteiger partial charge in [0.25, 0.3) is 0 Å². The first kappa shape index (κ1) is 25.5. The lowest BCUT2D eigenvalue weighted by atomic mass is 9.86. The van der Waals surface area contributed by atoms with Gasteiger partial charge in [0.1, 0.15) is 0 Å². The molecule has 3 aromatic rings. The monoisotopic (exact) mass is 495 g/mol. The Morgan fingerprint density at radius 1 is 0.919 bits per heavy atom. The van der Waals surface area contributed by atoms with E-state index in [2.05, 4.69) is 90.8 Å². The summed E-state index contributed by atoms with van der Waals surface area (Å²) < 4.78 is 0. The Kier molecular flexibility index (Phi) is 7.95. The molecule has 4 heteroatoms. The number of hydrogen-bond acceptors (Lipinski definition) is 3. The van der Waals surface area contributed by atoms with Crippen molar-refractivity contribution in [2.45, 2.75) is 77.9 Å². The number of nitrogens with zero attached hydrogens (tertiary/aromatic N) is 2. The van der Waals surface area contributed by atoms with Gasteiger partial charge in [0.05, 0.1) is 6.04 Å². The van der Waals surface area contributed by atoms with Crippen molar-refractivity contribution in [1.82, 2.24) is 4.90 Å². The first-order valence-electron chi connectivity index (χ1n) is 14.1. The molecule has 2 aliphatic rings. The summed E-state index contributed by atoms with van der Waals surface area (Å²) >= 11 is 0. The fourth-order valence-corrected chi connectivity index (χ4v) is 6.11. The van der Waals surface area contributed by atoms with Gasteiger partial charge in [-0.3, -0.25) is 9.69 Å². The highest BCUT2D eigenvalue weighted by Gasteiger charge is 2.34. The number of fused-ring (bicyclic) bond motifs is 1. The standard InChI is InChI=1S/C33H41N3O/c1-4-8-30-22-32(34-29-16-9-24(2)10-17-29)31-21-28(15-18-33(31)36(30)25(3)37)27-13-11-26(12-14-27)23-35-19-6-5-7-20-35/h9-18,21,30,32,34H,4-8,19-20,22-23H2,1-3H3/t30-,32+/m1/s1. The molecule has 0 radical (unpaired) electrons. The van der Waals surface area contributed by atoms with Gasteiger partial charge >= 0.3 is 0 Å². The van der Waals surface area contributed by atoms with Gasteiger partial charge in [0, 0.05) is 30.9 Å². The summed E-state index contributed by atoms with van der Waals surface area (Å²) in [6.07, 6.45) is 6.98. The normalized spacial score (nSPS) is 19.9. The number of amides is 1. The minimum atomic E-state index is 0.128. The molecule has 1 amide bonds. The Morgan fingerprint density at radius 2 is 1.62 bits per heavy atom. The van der Waals surface area contributed by atoms with Crippen LogP contribution < -0.4 is 10.2 Å². The van der Waals surface area contributed by atoms with Crippen molar-refractivity contribution in [2.24, 2.45) is 0 Å². The van der Waals surface area contributed by atoms with Crippen molar-refractivity contribution in [3.63, 3.8) is 0 Å². The molecular formula is C33H41N3O. The van der Waals surface area contributed by atoms with Crippen molar-refractivity contribution < 1.29 is 4.79 Å². The molecule has 1 saturated heterocycles. The number of rotatable bonds is 7. The number of nitrogens with one attached hydrogen (secondary N) is 1. The Labute approximate surface area is 222 Å². The predicted octanol–water partition coefficient (Wildman–Crippen LogP) is 7.73. The summed E-state index contributed by atoms with van der Waals surface area (Å²) in [4.78, 5) is 17.4. The van der Waals surface area contributed by atoms with Crippen LogP contribution in [0.2, 0.25) is 0 Å². The smallest absolute Gasteiger partial charge is 0.224 e. The molecule has 0 saturated carbocycles. The molecule has 2 aliphatic heterocycles. The number of carbonyl (C=O) groups excluding carboxylic acids is 1. The van der Waals surface area contributed by atoms with E-state index in [1.165, 1.54) is 60.2 Å². The molecule has 0 aromatic heterocycles. The highest BCUT2D eigenvalue weighted by Crippen LogP contribution is 2.42. The molecule has 0 aliphatic carbocycles. The van der Waals surface area contributed by atoms with Crippen molar-refractivity contribution in [2.75, 3.05) is 23.3 Å². The van der Waals surface area contributed by atoms with Crippen LogP contribution in [-0.4, -0.2) is 29.9 Å². The van der Waals surface area contributed by atoms with Crippen LogP contribution in [-0.2, 0) is 11.3 Å². The van der Waals surface area contributed by atoms with Crippen LogP contribution in [0.3, 0.4) is 0 Å². The van der Waals surface area contributed by atoms with Gasteiger partial charge in [0.15, 0.2) is 0 Å². The molecular weight excluding hydrogens is 454 g/mol. The zero-order chi connectivity index (χ0) is 25.8. The number of aryl methyl sites for hydroxylation is 1.